The maximum Gasteiger partial charge on any atom is 0.159 e. The van der Waals surface area contributed by atoms with E-state index in [2.05, 4.69) is 21.2 Å². The van der Waals surface area contributed by atoms with Crippen LogP contribution in [0.25, 0.3) is 0 Å². The zero-order chi connectivity index (χ0) is 10.8. The SMILES string of the molecule is Fc1cc(Br)c(C2COCCN2)cc1F. The van der Waals surface area contributed by atoms with Crippen LogP contribution in [0.1, 0.15) is 11.6 Å². The smallest absolute Gasteiger partial charge is 0.159 e. The normalized spacial score (nSPS) is 21.7. The molecular weight excluding hydrogens is 268 g/mol. The molecule has 1 saturated heterocycles. The molecule has 5 heteroatoms. The minimum Gasteiger partial charge on any atom is -0.378 e. The summed E-state index contributed by atoms with van der Waals surface area (Å²) in [6.07, 6.45) is 0. The van der Waals surface area contributed by atoms with Crippen molar-refractivity contribution >= 4 is 15.9 Å². The lowest BCUT2D eigenvalue weighted by atomic mass is 10.1. The molecule has 0 aliphatic carbocycles. The Balaban J connectivity index is 2.30. The van der Waals surface area contributed by atoms with Crippen LogP contribution in [-0.2, 0) is 4.74 Å². The maximum atomic E-state index is 13.0. The second kappa shape index (κ2) is 4.55. The van der Waals surface area contributed by atoms with Gasteiger partial charge in [0, 0.05) is 11.0 Å². The number of halogens is 3. The molecule has 1 aliphatic heterocycles. The van der Waals surface area contributed by atoms with Gasteiger partial charge in [-0.3, -0.25) is 0 Å². The molecule has 0 spiro atoms. The summed E-state index contributed by atoms with van der Waals surface area (Å²) in [5.74, 6) is -1.68. The van der Waals surface area contributed by atoms with Gasteiger partial charge in [0.15, 0.2) is 11.6 Å². The average Bonchev–Trinajstić information content (AvgIpc) is 2.25. The molecule has 0 amide bonds. The van der Waals surface area contributed by atoms with Crippen molar-refractivity contribution in [2.75, 3.05) is 19.8 Å². The van der Waals surface area contributed by atoms with Crippen molar-refractivity contribution in [2.45, 2.75) is 6.04 Å². The number of nitrogens with one attached hydrogen (secondary N) is 1. The van der Waals surface area contributed by atoms with E-state index in [0.29, 0.717) is 23.2 Å². The van der Waals surface area contributed by atoms with Gasteiger partial charge in [0.25, 0.3) is 0 Å². The molecule has 0 aromatic heterocycles. The Morgan fingerprint density at radius 1 is 1.33 bits per heavy atom. The van der Waals surface area contributed by atoms with Gasteiger partial charge in [-0.2, -0.15) is 0 Å². The van der Waals surface area contributed by atoms with E-state index in [1.807, 2.05) is 0 Å². The second-order valence-electron chi connectivity index (χ2n) is 3.37. The summed E-state index contributed by atoms with van der Waals surface area (Å²) < 4.78 is 31.7. The van der Waals surface area contributed by atoms with Gasteiger partial charge in [0.05, 0.1) is 19.3 Å². The Labute approximate surface area is 94.7 Å². The first-order valence-corrected chi connectivity index (χ1v) is 5.43. The Kier molecular flexibility index (Phi) is 3.33. The molecule has 2 nitrogen and oxygen atoms in total. The zero-order valence-electron chi connectivity index (χ0n) is 7.90. The third-order valence-corrected chi connectivity index (χ3v) is 3.02. The predicted molar refractivity (Wildman–Crippen MR) is 55.6 cm³/mol. The lowest BCUT2D eigenvalue weighted by molar-refractivity contribution is 0.0765. The van der Waals surface area contributed by atoms with E-state index < -0.39 is 11.6 Å². The number of rotatable bonds is 1. The van der Waals surface area contributed by atoms with Gasteiger partial charge in [-0.1, -0.05) is 15.9 Å². The van der Waals surface area contributed by atoms with E-state index in [0.717, 1.165) is 12.6 Å². The molecular formula is C10H10BrF2NO. The lowest BCUT2D eigenvalue weighted by Crippen LogP contribution is -2.34. The standard InChI is InChI=1S/C10H10BrF2NO/c11-7-4-9(13)8(12)3-6(7)10-5-15-2-1-14-10/h3-4,10,14H,1-2,5H2. The summed E-state index contributed by atoms with van der Waals surface area (Å²) in [6, 6.07) is 2.26. The van der Waals surface area contributed by atoms with Crippen molar-refractivity contribution in [1.29, 1.82) is 0 Å². The molecule has 1 unspecified atom stereocenters. The van der Waals surface area contributed by atoms with Crippen LogP contribution < -0.4 is 5.32 Å². The summed E-state index contributed by atoms with van der Waals surface area (Å²) in [5, 5.41) is 3.18. The first-order chi connectivity index (χ1) is 7.18. The van der Waals surface area contributed by atoms with Gasteiger partial charge < -0.3 is 10.1 Å². The van der Waals surface area contributed by atoms with E-state index in [-0.39, 0.29) is 6.04 Å². The highest BCUT2D eigenvalue weighted by atomic mass is 79.9. The molecule has 0 bridgehead atoms. The first kappa shape index (κ1) is 11.0. The largest absolute Gasteiger partial charge is 0.378 e. The van der Waals surface area contributed by atoms with E-state index in [1.165, 1.54) is 6.07 Å². The third-order valence-electron chi connectivity index (χ3n) is 2.34. The monoisotopic (exact) mass is 277 g/mol. The van der Waals surface area contributed by atoms with Gasteiger partial charge in [-0.15, -0.1) is 0 Å². The summed E-state index contributed by atoms with van der Waals surface area (Å²) in [4.78, 5) is 0. The van der Waals surface area contributed by atoms with Crippen LogP contribution in [0.4, 0.5) is 8.78 Å². The van der Waals surface area contributed by atoms with E-state index in [1.54, 1.807) is 0 Å². The molecule has 1 N–H and O–H groups in total. The summed E-state index contributed by atoms with van der Waals surface area (Å²) in [6.45, 7) is 1.84. The fraction of sp³-hybridized carbons (Fsp3) is 0.400. The fourth-order valence-corrected chi connectivity index (χ4v) is 2.16. The molecule has 1 heterocycles. The van der Waals surface area contributed by atoms with Crippen LogP contribution in [0.3, 0.4) is 0 Å². The van der Waals surface area contributed by atoms with Crippen molar-refractivity contribution in [1.82, 2.24) is 5.32 Å². The predicted octanol–water partition coefficient (Wildman–Crippen LogP) is 2.39. The van der Waals surface area contributed by atoms with Crippen molar-refractivity contribution in [2.24, 2.45) is 0 Å². The second-order valence-corrected chi connectivity index (χ2v) is 4.22. The van der Waals surface area contributed by atoms with Crippen LogP contribution in [-0.4, -0.2) is 19.8 Å². The van der Waals surface area contributed by atoms with Crippen LogP contribution in [0.2, 0.25) is 0 Å². The van der Waals surface area contributed by atoms with Crippen LogP contribution in [0.15, 0.2) is 16.6 Å². The highest BCUT2D eigenvalue weighted by Gasteiger charge is 2.19. The molecule has 15 heavy (non-hydrogen) atoms. The maximum absolute atomic E-state index is 13.0. The number of benzene rings is 1. The van der Waals surface area contributed by atoms with E-state index >= 15 is 0 Å². The van der Waals surface area contributed by atoms with E-state index in [9.17, 15) is 8.78 Å². The number of hydrogen-bond acceptors (Lipinski definition) is 2. The van der Waals surface area contributed by atoms with Gasteiger partial charge in [-0.25, -0.2) is 8.78 Å². The molecule has 1 atom stereocenters. The fourth-order valence-electron chi connectivity index (χ4n) is 1.57. The Morgan fingerprint density at radius 2 is 2.07 bits per heavy atom. The molecule has 1 fully saturated rings. The van der Waals surface area contributed by atoms with Gasteiger partial charge in [-0.05, 0) is 17.7 Å². The number of ether oxygens (including phenoxy) is 1. The third kappa shape index (κ3) is 2.35. The Morgan fingerprint density at radius 3 is 2.73 bits per heavy atom. The van der Waals surface area contributed by atoms with Gasteiger partial charge in [0.2, 0.25) is 0 Å². The van der Waals surface area contributed by atoms with Crippen molar-refractivity contribution < 1.29 is 13.5 Å². The summed E-state index contributed by atoms with van der Waals surface area (Å²) in [5.41, 5.74) is 0.689. The first-order valence-electron chi connectivity index (χ1n) is 4.64. The van der Waals surface area contributed by atoms with Crippen LogP contribution in [0, 0.1) is 11.6 Å². The summed E-state index contributed by atoms with van der Waals surface area (Å²) in [7, 11) is 0. The Bertz CT molecular complexity index is 367. The molecule has 0 radical (unpaired) electrons. The van der Waals surface area contributed by atoms with Gasteiger partial charge in [0.1, 0.15) is 0 Å². The summed E-state index contributed by atoms with van der Waals surface area (Å²) >= 11 is 3.21. The van der Waals surface area contributed by atoms with Gasteiger partial charge >= 0.3 is 0 Å². The van der Waals surface area contributed by atoms with Crippen LogP contribution in [0.5, 0.6) is 0 Å². The quantitative estimate of drug-likeness (QED) is 0.796. The molecule has 1 aromatic carbocycles. The minimum atomic E-state index is -0.845. The number of morpholine rings is 1. The topological polar surface area (TPSA) is 21.3 Å². The minimum absolute atomic E-state index is 0.0803. The molecule has 2 rings (SSSR count). The molecule has 1 aliphatic rings. The van der Waals surface area contributed by atoms with Crippen LogP contribution >= 0.6 is 15.9 Å². The molecule has 0 saturated carbocycles. The lowest BCUT2D eigenvalue weighted by Gasteiger charge is -2.25. The van der Waals surface area contributed by atoms with E-state index in [4.69, 9.17) is 4.74 Å². The Hall–Kier alpha value is -0.520. The van der Waals surface area contributed by atoms with Crippen molar-refractivity contribution in [3.8, 4) is 0 Å². The van der Waals surface area contributed by atoms with Crippen molar-refractivity contribution in [3.05, 3.63) is 33.8 Å². The number of hydrogen-bond donors (Lipinski definition) is 1. The zero-order valence-corrected chi connectivity index (χ0v) is 9.48. The molecule has 82 valence electrons. The highest BCUT2D eigenvalue weighted by Crippen LogP contribution is 2.27. The highest BCUT2D eigenvalue weighted by molar-refractivity contribution is 9.10. The molecule has 1 aromatic rings. The van der Waals surface area contributed by atoms with Crippen molar-refractivity contribution in [3.63, 3.8) is 0 Å². The average molecular weight is 278 g/mol.